The summed E-state index contributed by atoms with van der Waals surface area (Å²) >= 11 is 0. The summed E-state index contributed by atoms with van der Waals surface area (Å²) < 4.78 is 0. The van der Waals surface area contributed by atoms with Gasteiger partial charge in [-0.3, -0.25) is 4.79 Å². The molecule has 1 atom stereocenters. The van der Waals surface area contributed by atoms with E-state index >= 15 is 0 Å². The minimum atomic E-state index is 0.0578. The number of hydrogen-bond donors (Lipinski definition) is 1. The summed E-state index contributed by atoms with van der Waals surface area (Å²) in [5.74, 6) is 1.25. The molecule has 1 amide bonds. The molecule has 0 saturated heterocycles. The van der Waals surface area contributed by atoms with Gasteiger partial charge in [0.05, 0.1) is 0 Å². The molecule has 1 heterocycles. The predicted octanol–water partition coefficient (Wildman–Crippen LogP) is 3.19. The van der Waals surface area contributed by atoms with Gasteiger partial charge in [-0.15, -0.1) is 0 Å². The van der Waals surface area contributed by atoms with Gasteiger partial charge in [0.15, 0.2) is 0 Å². The van der Waals surface area contributed by atoms with Crippen LogP contribution in [0.3, 0.4) is 0 Å². The van der Waals surface area contributed by atoms with E-state index in [-0.39, 0.29) is 11.9 Å². The van der Waals surface area contributed by atoms with Crippen molar-refractivity contribution in [2.45, 2.75) is 46.6 Å². The second kappa shape index (κ2) is 7.27. The van der Waals surface area contributed by atoms with Crippen LogP contribution in [0.4, 0.5) is 5.82 Å². The Labute approximate surface area is 122 Å². The number of pyridine rings is 1. The van der Waals surface area contributed by atoms with Gasteiger partial charge in [0, 0.05) is 31.4 Å². The SMILES string of the molecule is CCCc1cc(C(=O)N(C)C(C)C(C)C)cc(NC)n1. The fraction of sp³-hybridized carbons (Fsp3) is 0.625. The molecule has 0 spiro atoms. The standard InChI is InChI=1S/C16H27N3O/c1-7-8-14-9-13(10-15(17-5)18-14)16(20)19(6)12(4)11(2)3/h9-12H,7-8H2,1-6H3,(H,17,18). The first-order chi connectivity index (χ1) is 9.40. The number of rotatable bonds is 6. The van der Waals surface area contributed by atoms with E-state index in [9.17, 15) is 4.79 Å². The molecule has 1 N–H and O–H groups in total. The molecule has 1 rings (SSSR count). The normalized spacial score (nSPS) is 12.3. The zero-order chi connectivity index (χ0) is 15.3. The number of aryl methyl sites for hydroxylation is 1. The van der Waals surface area contributed by atoms with Crippen LogP contribution in [0, 0.1) is 5.92 Å². The second-order valence-corrected chi connectivity index (χ2v) is 5.63. The van der Waals surface area contributed by atoms with E-state index in [1.54, 1.807) is 0 Å². The van der Waals surface area contributed by atoms with Gasteiger partial charge in [-0.25, -0.2) is 4.98 Å². The summed E-state index contributed by atoms with van der Waals surface area (Å²) in [7, 11) is 3.69. The lowest BCUT2D eigenvalue weighted by molar-refractivity contribution is 0.0707. The number of anilines is 1. The minimum Gasteiger partial charge on any atom is -0.373 e. The Hall–Kier alpha value is -1.58. The Morgan fingerprint density at radius 3 is 2.50 bits per heavy atom. The average Bonchev–Trinajstić information content (AvgIpc) is 2.44. The van der Waals surface area contributed by atoms with Crippen molar-refractivity contribution < 1.29 is 4.79 Å². The van der Waals surface area contributed by atoms with Crippen LogP contribution in [0.5, 0.6) is 0 Å². The van der Waals surface area contributed by atoms with Crippen molar-refractivity contribution in [1.82, 2.24) is 9.88 Å². The van der Waals surface area contributed by atoms with E-state index in [4.69, 9.17) is 0 Å². The maximum atomic E-state index is 12.6. The van der Waals surface area contributed by atoms with Gasteiger partial charge in [0.1, 0.15) is 5.82 Å². The van der Waals surface area contributed by atoms with Crippen LogP contribution in [-0.2, 0) is 6.42 Å². The fourth-order valence-electron chi connectivity index (χ4n) is 2.06. The number of carbonyl (C=O) groups is 1. The van der Waals surface area contributed by atoms with Gasteiger partial charge in [0.2, 0.25) is 0 Å². The minimum absolute atomic E-state index is 0.0578. The van der Waals surface area contributed by atoms with E-state index < -0.39 is 0 Å². The lowest BCUT2D eigenvalue weighted by Gasteiger charge is -2.28. The first-order valence-electron chi connectivity index (χ1n) is 7.36. The van der Waals surface area contributed by atoms with Crippen LogP contribution >= 0.6 is 0 Å². The third kappa shape index (κ3) is 3.95. The quantitative estimate of drug-likeness (QED) is 0.868. The van der Waals surface area contributed by atoms with Crippen molar-refractivity contribution in [1.29, 1.82) is 0 Å². The monoisotopic (exact) mass is 277 g/mol. The number of aromatic nitrogens is 1. The van der Waals surface area contributed by atoms with Crippen LogP contribution in [-0.4, -0.2) is 35.9 Å². The highest BCUT2D eigenvalue weighted by Gasteiger charge is 2.20. The summed E-state index contributed by atoms with van der Waals surface area (Å²) in [6.07, 6.45) is 1.91. The Bertz CT molecular complexity index is 457. The highest BCUT2D eigenvalue weighted by atomic mass is 16.2. The van der Waals surface area contributed by atoms with E-state index in [2.05, 4.69) is 38.0 Å². The average molecular weight is 277 g/mol. The summed E-state index contributed by atoms with van der Waals surface area (Å²) in [5.41, 5.74) is 1.68. The largest absolute Gasteiger partial charge is 0.373 e. The van der Waals surface area contributed by atoms with Gasteiger partial charge in [-0.1, -0.05) is 27.2 Å². The van der Waals surface area contributed by atoms with Gasteiger partial charge in [-0.2, -0.15) is 0 Å². The van der Waals surface area contributed by atoms with Crippen molar-refractivity contribution in [3.63, 3.8) is 0 Å². The zero-order valence-corrected chi connectivity index (χ0v) is 13.5. The van der Waals surface area contributed by atoms with Crippen LogP contribution < -0.4 is 5.32 Å². The van der Waals surface area contributed by atoms with Gasteiger partial charge >= 0.3 is 0 Å². The van der Waals surface area contributed by atoms with Crippen molar-refractivity contribution in [2.24, 2.45) is 5.92 Å². The lowest BCUT2D eigenvalue weighted by Crippen LogP contribution is -2.38. The summed E-state index contributed by atoms with van der Waals surface area (Å²) in [6.45, 7) is 8.45. The van der Waals surface area contributed by atoms with Crippen molar-refractivity contribution in [3.8, 4) is 0 Å². The number of hydrogen-bond acceptors (Lipinski definition) is 3. The molecule has 0 bridgehead atoms. The molecular weight excluding hydrogens is 250 g/mol. The Morgan fingerprint density at radius 1 is 1.35 bits per heavy atom. The van der Waals surface area contributed by atoms with Gasteiger partial charge in [-0.05, 0) is 31.4 Å². The molecule has 0 saturated carbocycles. The van der Waals surface area contributed by atoms with Gasteiger partial charge in [0.25, 0.3) is 5.91 Å². The topological polar surface area (TPSA) is 45.2 Å². The number of carbonyl (C=O) groups excluding carboxylic acids is 1. The summed E-state index contributed by atoms with van der Waals surface area (Å²) in [6, 6.07) is 3.95. The molecule has 112 valence electrons. The second-order valence-electron chi connectivity index (χ2n) is 5.63. The number of nitrogens with zero attached hydrogens (tertiary/aromatic N) is 2. The van der Waals surface area contributed by atoms with Crippen molar-refractivity contribution >= 4 is 11.7 Å². The molecule has 0 aliphatic heterocycles. The van der Waals surface area contributed by atoms with Gasteiger partial charge < -0.3 is 10.2 Å². The van der Waals surface area contributed by atoms with Crippen LogP contribution in [0.1, 0.15) is 50.2 Å². The van der Waals surface area contributed by atoms with Crippen LogP contribution in [0.25, 0.3) is 0 Å². The maximum Gasteiger partial charge on any atom is 0.254 e. The first kappa shape index (κ1) is 16.5. The molecule has 0 aliphatic carbocycles. The summed E-state index contributed by atoms with van der Waals surface area (Å²) in [4.78, 5) is 18.9. The molecule has 4 heteroatoms. The molecule has 1 aromatic rings. The first-order valence-corrected chi connectivity index (χ1v) is 7.36. The zero-order valence-electron chi connectivity index (χ0n) is 13.5. The van der Waals surface area contributed by atoms with Crippen LogP contribution in [0.2, 0.25) is 0 Å². The highest BCUT2D eigenvalue weighted by Crippen LogP contribution is 2.16. The highest BCUT2D eigenvalue weighted by molar-refractivity contribution is 5.95. The smallest absolute Gasteiger partial charge is 0.254 e. The van der Waals surface area contributed by atoms with E-state index in [1.807, 2.05) is 31.1 Å². The molecule has 4 nitrogen and oxygen atoms in total. The summed E-state index contributed by atoms with van der Waals surface area (Å²) in [5, 5.41) is 3.03. The van der Waals surface area contributed by atoms with E-state index in [0.29, 0.717) is 11.5 Å². The predicted molar refractivity (Wildman–Crippen MR) is 84.2 cm³/mol. The molecule has 0 fully saturated rings. The maximum absolute atomic E-state index is 12.6. The molecule has 0 aromatic carbocycles. The molecule has 1 unspecified atom stereocenters. The number of nitrogens with one attached hydrogen (secondary N) is 1. The van der Waals surface area contributed by atoms with Crippen LogP contribution in [0.15, 0.2) is 12.1 Å². The van der Waals surface area contributed by atoms with E-state index in [1.165, 1.54) is 0 Å². The molecule has 20 heavy (non-hydrogen) atoms. The number of amides is 1. The Morgan fingerprint density at radius 2 is 2.00 bits per heavy atom. The fourth-order valence-corrected chi connectivity index (χ4v) is 2.06. The van der Waals surface area contributed by atoms with Crippen molar-refractivity contribution in [2.75, 3.05) is 19.4 Å². The molecule has 1 aromatic heterocycles. The molecule has 0 radical (unpaired) electrons. The Balaban J connectivity index is 3.05. The third-order valence-electron chi connectivity index (χ3n) is 3.78. The third-order valence-corrected chi connectivity index (χ3v) is 3.78. The lowest BCUT2D eigenvalue weighted by atomic mass is 10.0. The Kier molecular flexibility index (Phi) is 5.99. The molecule has 0 aliphatic rings. The van der Waals surface area contributed by atoms with Crippen molar-refractivity contribution in [3.05, 3.63) is 23.4 Å². The van der Waals surface area contributed by atoms with E-state index in [0.717, 1.165) is 24.4 Å². The molecular formula is C16H27N3O.